The molecule has 2 aromatic rings. The van der Waals surface area contributed by atoms with Crippen LogP contribution in [0.25, 0.3) is 0 Å². The lowest BCUT2D eigenvalue weighted by atomic mass is 10.2. The molecule has 0 bridgehead atoms. The smallest absolute Gasteiger partial charge is 0.256 e. The molecule has 2 amide bonds. The summed E-state index contributed by atoms with van der Waals surface area (Å²) >= 11 is 6.17. The van der Waals surface area contributed by atoms with Crippen LogP contribution >= 0.6 is 11.6 Å². The van der Waals surface area contributed by atoms with Crippen molar-refractivity contribution in [1.82, 2.24) is 4.98 Å². The van der Waals surface area contributed by atoms with Gasteiger partial charge in [0.05, 0.1) is 18.7 Å². The number of benzene rings is 1. The van der Waals surface area contributed by atoms with Crippen LogP contribution in [0.1, 0.15) is 10.4 Å². The third-order valence-electron chi connectivity index (χ3n) is 3.40. The molecule has 28 heavy (non-hydrogen) atoms. The molecule has 0 unspecified atom stereocenters. The van der Waals surface area contributed by atoms with Gasteiger partial charge in [-0.05, 0) is 24.3 Å². The van der Waals surface area contributed by atoms with E-state index in [4.69, 9.17) is 36.3 Å². The van der Waals surface area contributed by atoms with Crippen molar-refractivity contribution in [3.8, 4) is 17.4 Å². The summed E-state index contributed by atoms with van der Waals surface area (Å²) in [5, 5.41) is 2.80. The fourth-order valence-corrected chi connectivity index (χ4v) is 2.42. The van der Waals surface area contributed by atoms with E-state index < -0.39 is 11.8 Å². The number of carbonyl (C=O) groups excluding carboxylic acids is 2. The first-order chi connectivity index (χ1) is 13.5. The van der Waals surface area contributed by atoms with Crippen molar-refractivity contribution in [2.45, 2.75) is 0 Å². The number of amides is 2. The van der Waals surface area contributed by atoms with Crippen LogP contribution in [0.4, 0.5) is 5.69 Å². The second-order valence-corrected chi connectivity index (χ2v) is 5.80. The van der Waals surface area contributed by atoms with Crippen LogP contribution in [0, 0.1) is 0 Å². The van der Waals surface area contributed by atoms with E-state index in [9.17, 15) is 9.59 Å². The number of hydrogen-bond donors (Lipinski definition) is 2. The van der Waals surface area contributed by atoms with Crippen LogP contribution in [-0.4, -0.2) is 50.8 Å². The Morgan fingerprint density at radius 2 is 2.00 bits per heavy atom. The first-order valence-electron chi connectivity index (χ1n) is 8.13. The Bertz CT molecular complexity index is 846. The Hall–Kier alpha value is -3.04. The molecular formula is C18H20ClN3O6. The SMILES string of the molecule is COCCOc1ncccc1NC(=O)c1cc(Cl)c(OCC(N)=O)c(OC)c1. The fourth-order valence-electron chi connectivity index (χ4n) is 2.15. The molecule has 1 aromatic carbocycles. The summed E-state index contributed by atoms with van der Waals surface area (Å²) in [6.07, 6.45) is 1.54. The fraction of sp³-hybridized carbons (Fsp3) is 0.278. The summed E-state index contributed by atoms with van der Waals surface area (Å²) in [6, 6.07) is 6.13. The van der Waals surface area contributed by atoms with E-state index >= 15 is 0 Å². The molecule has 0 fully saturated rings. The van der Waals surface area contributed by atoms with Gasteiger partial charge in [0, 0.05) is 18.9 Å². The number of aromatic nitrogens is 1. The maximum Gasteiger partial charge on any atom is 0.256 e. The molecule has 0 atom stereocenters. The number of rotatable bonds is 10. The standard InChI is InChI=1S/C18H20ClN3O6/c1-25-6-7-27-18-13(4-3-5-21-18)22-17(24)11-8-12(19)16(14(9-11)26-2)28-10-15(20)23/h3-5,8-9H,6-7,10H2,1-2H3,(H2,20,23)(H,22,24). The van der Waals surface area contributed by atoms with E-state index in [1.54, 1.807) is 25.4 Å². The first-order valence-corrected chi connectivity index (χ1v) is 8.50. The number of nitrogens with one attached hydrogen (secondary N) is 1. The van der Waals surface area contributed by atoms with E-state index in [-0.39, 0.29) is 41.2 Å². The van der Waals surface area contributed by atoms with Crippen LogP contribution in [-0.2, 0) is 9.53 Å². The molecule has 2 rings (SSSR count). The van der Waals surface area contributed by atoms with Gasteiger partial charge < -0.3 is 30.0 Å². The van der Waals surface area contributed by atoms with Gasteiger partial charge in [0.25, 0.3) is 11.8 Å². The quantitative estimate of drug-likeness (QED) is 0.574. The highest BCUT2D eigenvalue weighted by Gasteiger charge is 2.18. The largest absolute Gasteiger partial charge is 0.493 e. The molecule has 150 valence electrons. The number of methoxy groups -OCH3 is 2. The van der Waals surface area contributed by atoms with Gasteiger partial charge in [0.2, 0.25) is 5.88 Å². The molecule has 0 radical (unpaired) electrons. The molecule has 0 saturated heterocycles. The van der Waals surface area contributed by atoms with Gasteiger partial charge in [0.1, 0.15) is 12.3 Å². The zero-order chi connectivity index (χ0) is 20.5. The summed E-state index contributed by atoms with van der Waals surface area (Å²) in [5.41, 5.74) is 5.66. The molecule has 0 spiro atoms. The van der Waals surface area contributed by atoms with E-state index in [0.29, 0.717) is 12.3 Å². The van der Waals surface area contributed by atoms with E-state index in [2.05, 4.69) is 10.3 Å². The van der Waals surface area contributed by atoms with Gasteiger partial charge in [-0.25, -0.2) is 4.98 Å². The average Bonchev–Trinajstić information content (AvgIpc) is 2.67. The van der Waals surface area contributed by atoms with Crippen molar-refractivity contribution in [2.24, 2.45) is 5.73 Å². The average molecular weight is 410 g/mol. The summed E-state index contributed by atoms with van der Waals surface area (Å²) in [7, 11) is 2.94. The molecule has 0 aliphatic heterocycles. The number of nitrogens with zero attached hydrogens (tertiary/aromatic N) is 1. The summed E-state index contributed by atoms with van der Waals surface area (Å²) < 4.78 is 20.9. The lowest BCUT2D eigenvalue weighted by Gasteiger charge is -2.14. The minimum Gasteiger partial charge on any atom is -0.493 e. The van der Waals surface area contributed by atoms with Crippen molar-refractivity contribution in [3.63, 3.8) is 0 Å². The highest BCUT2D eigenvalue weighted by atomic mass is 35.5. The number of primary amides is 1. The Morgan fingerprint density at radius 1 is 1.21 bits per heavy atom. The number of ether oxygens (including phenoxy) is 4. The minimum absolute atomic E-state index is 0.0912. The topological polar surface area (TPSA) is 122 Å². The van der Waals surface area contributed by atoms with Gasteiger partial charge in [-0.2, -0.15) is 0 Å². The normalized spacial score (nSPS) is 10.2. The Labute approximate surface area is 166 Å². The maximum absolute atomic E-state index is 12.6. The van der Waals surface area contributed by atoms with Gasteiger partial charge in [-0.15, -0.1) is 0 Å². The molecule has 0 aliphatic carbocycles. The second-order valence-electron chi connectivity index (χ2n) is 5.40. The van der Waals surface area contributed by atoms with Gasteiger partial charge in [-0.1, -0.05) is 11.6 Å². The van der Waals surface area contributed by atoms with Crippen molar-refractivity contribution in [2.75, 3.05) is 39.4 Å². The van der Waals surface area contributed by atoms with Crippen LogP contribution in [0.2, 0.25) is 5.02 Å². The Morgan fingerprint density at radius 3 is 2.68 bits per heavy atom. The van der Waals surface area contributed by atoms with Gasteiger partial charge in [0.15, 0.2) is 18.1 Å². The number of anilines is 1. The van der Waals surface area contributed by atoms with Crippen LogP contribution < -0.4 is 25.3 Å². The lowest BCUT2D eigenvalue weighted by Crippen LogP contribution is -2.20. The molecule has 10 heteroatoms. The zero-order valence-corrected chi connectivity index (χ0v) is 16.1. The molecule has 0 saturated carbocycles. The van der Waals surface area contributed by atoms with E-state index in [0.717, 1.165) is 0 Å². The zero-order valence-electron chi connectivity index (χ0n) is 15.4. The molecule has 1 heterocycles. The Balaban J connectivity index is 2.21. The van der Waals surface area contributed by atoms with E-state index in [1.807, 2.05) is 0 Å². The van der Waals surface area contributed by atoms with Crippen LogP contribution in [0.3, 0.4) is 0 Å². The summed E-state index contributed by atoms with van der Waals surface area (Å²) in [6.45, 7) is 0.283. The monoisotopic (exact) mass is 409 g/mol. The maximum atomic E-state index is 12.6. The molecular weight excluding hydrogens is 390 g/mol. The molecule has 0 aliphatic rings. The van der Waals surface area contributed by atoms with Crippen LogP contribution in [0.15, 0.2) is 30.5 Å². The number of carbonyl (C=O) groups is 2. The minimum atomic E-state index is -0.669. The van der Waals surface area contributed by atoms with Crippen molar-refractivity contribution >= 4 is 29.1 Å². The highest BCUT2D eigenvalue weighted by molar-refractivity contribution is 6.32. The lowest BCUT2D eigenvalue weighted by molar-refractivity contribution is -0.119. The van der Waals surface area contributed by atoms with Gasteiger partial charge in [-0.3, -0.25) is 9.59 Å². The Kier molecular flexibility index (Phi) is 7.85. The van der Waals surface area contributed by atoms with Crippen molar-refractivity contribution in [3.05, 3.63) is 41.0 Å². The molecule has 9 nitrogen and oxygen atoms in total. The summed E-state index contributed by atoms with van der Waals surface area (Å²) in [5.74, 6) is -0.581. The molecule has 3 N–H and O–H groups in total. The highest BCUT2D eigenvalue weighted by Crippen LogP contribution is 2.36. The van der Waals surface area contributed by atoms with Crippen molar-refractivity contribution < 1.29 is 28.5 Å². The first kappa shape index (κ1) is 21.3. The summed E-state index contributed by atoms with van der Waals surface area (Å²) in [4.78, 5) is 27.7. The van der Waals surface area contributed by atoms with Crippen LogP contribution in [0.5, 0.6) is 17.4 Å². The second kappa shape index (κ2) is 10.3. The predicted molar refractivity (Wildman–Crippen MR) is 102 cm³/mol. The third-order valence-corrected chi connectivity index (χ3v) is 3.68. The predicted octanol–water partition coefficient (Wildman–Crippen LogP) is 1.89. The third kappa shape index (κ3) is 5.73. The molecule has 1 aromatic heterocycles. The number of nitrogens with two attached hydrogens (primary N) is 1. The van der Waals surface area contributed by atoms with Crippen molar-refractivity contribution in [1.29, 1.82) is 0 Å². The number of halogens is 1. The van der Waals surface area contributed by atoms with E-state index in [1.165, 1.54) is 19.2 Å². The number of hydrogen-bond acceptors (Lipinski definition) is 7. The van der Waals surface area contributed by atoms with Gasteiger partial charge >= 0.3 is 0 Å². The number of pyridine rings is 1.